The Morgan fingerprint density at radius 2 is 2.09 bits per heavy atom. The van der Waals surface area contributed by atoms with E-state index in [0.717, 1.165) is 12.8 Å². The smallest absolute Gasteiger partial charge is 0.297 e. The van der Waals surface area contributed by atoms with Crippen molar-refractivity contribution in [1.29, 1.82) is 0 Å². The Kier molecular flexibility index (Phi) is 3.42. The van der Waals surface area contributed by atoms with Gasteiger partial charge in [-0.25, -0.2) is 17.6 Å². The summed E-state index contributed by atoms with van der Waals surface area (Å²) in [6.07, 6.45) is -5.83. The molecule has 2 heterocycles. The zero-order valence-corrected chi connectivity index (χ0v) is 11.1. The summed E-state index contributed by atoms with van der Waals surface area (Å²) in [7, 11) is 0. The van der Waals surface area contributed by atoms with Gasteiger partial charge in [-0.1, -0.05) is 0 Å². The molecule has 0 saturated heterocycles. The molecule has 0 bridgehead atoms. The first kappa shape index (κ1) is 14.9. The molecule has 1 saturated carbocycles. The molecule has 2 N–H and O–H groups in total. The second-order valence-electron chi connectivity index (χ2n) is 5.35. The zero-order chi connectivity index (χ0) is 16.1. The number of aromatic nitrogens is 2. The lowest BCUT2D eigenvalue weighted by molar-refractivity contribution is -0.164. The minimum atomic E-state index is -3.45. The van der Waals surface area contributed by atoms with Crippen LogP contribution in [0, 0.1) is 0 Å². The molecule has 1 fully saturated rings. The van der Waals surface area contributed by atoms with Crippen LogP contribution in [0.5, 0.6) is 0 Å². The van der Waals surface area contributed by atoms with Crippen LogP contribution in [0.25, 0.3) is 0 Å². The molecule has 0 aromatic carbocycles. The molecule has 1 amide bonds. The lowest BCUT2D eigenvalue weighted by Gasteiger charge is -2.29. The summed E-state index contributed by atoms with van der Waals surface area (Å²) < 4.78 is 51.4. The molecular weight excluding hydrogens is 308 g/mol. The van der Waals surface area contributed by atoms with Crippen LogP contribution in [-0.4, -0.2) is 50.5 Å². The third-order valence-corrected chi connectivity index (χ3v) is 3.66. The predicted octanol–water partition coefficient (Wildman–Crippen LogP) is 1.71. The maximum absolute atomic E-state index is 13.0. The van der Waals surface area contributed by atoms with Crippen LogP contribution in [0.4, 0.5) is 17.6 Å². The third kappa shape index (κ3) is 2.36. The fourth-order valence-corrected chi connectivity index (χ4v) is 2.26. The first-order valence-corrected chi connectivity index (χ1v) is 6.59. The number of aliphatic hydroxyl groups is 1. The maximum Gasteiger partial charge on any atom is 0.297 e. The predicted molar refractivity (Wildman–Crippen MR) is 65.7 cm³/mol. The summed E-state index contributed by atoms with van der Waals surface area (Å²) in [5.74, 6) is -0.914. The normalized spacial score (nSPS) is 25.2. The molecule has 1 atom stereocenters. The number of H-pyrrole nitrogens is 1. The van der Waals surface area contributed by atoms with Crippen LogP contribution in [0.2, 0.25) is 0 Å². The fraction of sp³-hybridized carbons (Fsp3) is 0.583. The molecule has 2 aliphatic rings. The Balaban J connectivity index is 1.89. The van der Waals surface area contributed by atoms with Crippen LogP contribution in [0.3, 0.4) is 0 Å². The molecule has 1 aliphatic carbocycles. The highest BCUT2D eigenvalue weighted by Gasteiger charge is 2.53. The van der Waals surface area contributed by atoms with E-state index < -0.39 is 36.6 Å². The largest absolute Gasteiger partial charge is 0.364 e. The van der Waals surface area contributed by atoms with Crippen LogP contribution in [0.1, 0.15) is 41.4 Å². The van der Waals surface area contributed by atoms with Crippen molar-refractivity contribution in [3.63, 3.8) is 0 Å². The number of hydrogen-bond acceptors (Lipinski definition) is 4. The van der Waals surface area contributed by atoms with Crippen molar-refractivity contribution in [2.45, 2.75) is 43.8 Å². The van der Waals surface area contributed by atoms with Gasteiger partial charge in [-0.2, -0.15) is 15.2 Å². The number of halogens is 4. The highest BCUT2D eigenvalue weighted by molar-refractivity contribution is 5.98. The number of nitrogens with one attached hydrogen (secondary N) is 1. The van der Waals surface area contributed by atoms with Crippen LogP contribution < -0.4 is 0 Å². The Bertz CT molecular complexity index is 628. The molecule has 22 heavy (non-hydrogen) atoms. The topological polar surface area (TPSA) is 81.6 Å². The Morgan fingerprint density at radius 1 is 1.41 bits per heavy atom. The van der Waals surface area contributed by atoms with Crippen molar-refractivity contribution in [2.75, 3.05) is 0 Å². The van der Waals surface area contributed by atoms with E-state index in [2.05, 4.69) is 15.3 Å². The van der Waals surface area contributed by atoms with E-state index >= 15 is 0 Å². The molecule has 1 unspecified atom stereocenters. The van der Waals surface area contributed by atoms with Crippen molar-refractivity contribution >= 4 is 11.6 Å². The van der Waals surface area contributed by atoms with Crippen LogP contribution in [-0.2, 0) is 0 Å². The number of rotatable bonds is 4. The number of aromatic amines is 1. The lowest BCUT2D eigenvalue weighted by Crippen LogP contribution is -2.51. The van der Waals surface area contributed by atoms with Gasteiger partial charge < -0.3 is 5.11 Å². The van der Waals surface area contributed by atoms with Gasteiger partial charge in [0.15, 0.2) is 5.69 Å². The van der Waals surface area contributed by atoms with Crippen molar-refractivity contribution in [3.8, 4) is 0 Å². The number of carbonyl (C=O) groups is 1. The van der Waals surface area contributed by atoms with E-state index in [1.807, 2.05) is 0 Å². The summed E-state index contributed by atoms with van der Waals surface area (Å²) in [4.78, 5) is 12.2. The Labute approximate surface area is 121 Å². The van der Waals surface area contributed by atoms with Crippen LogP contribution >= 0.6 is 0 Å². The number of carbonyl (C=O) groups excluding carboxylic acids is 1. The maximum atomic E-state index is 13.0. The Morgan fingerprint density at radius 3 is 2.64 bits per heavy atom. The minimum Gasteiger partial charge on any atom is -0.364 e. The first-order valence-electron chi connectivity index (χ1n) is 6.59. The van der Waals surface area contributed by atoms with E-state index in [9.17, 15) is 27.5 Å². The van der Waals surface area contributed by atoms with E-state index in [-0.39, 0.29) is 16.6 Å². The molecule has 0 radical (unpaired) electrons. The van der Waals surface area contributed by atoms with E-state index in [4.69, 9.17) is 0 Å². The average Bonchev–Trinajstić information content (AvgIpc) is 3.07. The summed E-state index contributed by atoms with van der Waals surface area (Å²) >= 11 is 0. The minimum absolute atomic E-state index is 0.00596. The SMILES string of the molecule is O=C(c1cc(C2CC2)[nH]n1)N1N=C(C(F)F)CC1(O)C(F)F. The van der Waals surface area contributed by atoms with Gasteiger partial charge in [-0.05, 0) is 18.9 Å². The molecule has 1 aliphatic heterocycles. The van der Waals surface area contributed by atoms with Crippen LogP contribution in [0.15, 0.2) is 11.2 Å². The molecule has 10 heteroatoms. The molecular formula is C12H12F4N4O2. The van der Waals surface area contributed by atoms with Crippen molar-refractivity contribution in [1.82, 2.24) is 15.2 Å². The standard InChI is InChI=1S/C12H12F4N4O2/c13-9(14)8-4-12(22,11(15)16)20(19-8)10(21)7-3-6(17-18-7)5-1-2-5/h3,5,9,11,22H,1-2,4H2,(H,17,18). The van der Waals surface area contributed by atoms with Gasteiger partial charge in [0, 0.05) is 18.0 Å². The van der Waals surface area contributed by atoms with Gasteiger partial charge >= 0.3 is 0 Å². The number of hydrazone groups is 1. The lowest BCUT2D eigenvalue weighted by atomic mass is 10.1. The average molecular weight is 320 g/mol. The number of nitrogens with zero attached hydrogens (tertiary/aromatic N) is 3. The molecule has 6 nitrogen and oxygen atoms in total. The van der Waals surface area contributed by atoms with E-state index in [1.165, 1.54) is 6.07 Å². The summed E-state index contributed by atoms with van der Waals surface area (Å²) in [6, 6.07) is 1.36. The second kappa shape index (κ2) is 5.04. The summed E-state index contributed by atoms with van der Waals surface area (Å²) in [5, 5.41) is 19.3. The number of hydrogen-bond donors (Lipinski definition) is 2. The quantitative estimate of drug-likeness (QED) is 0.829. The highest BCUT2D eigenvalue weighted by atomic mass is 19.3. The van der Waals surface area contributed by atoms with Gasteiger partial charge in [0.05, 0.1) is 0 Å². The van der Waals surface area contributed by atoms with Gasteiger partial charge in [-0.3, -0.25) is 9.89 Å². The van der Waals surface area contributed by atoms with Crippen molar-refractivity contribution < 1.29 is 27.5 Å². The monoisotopic (exact) mass is 320 g/mol. The summed E-state index contributed by atoms with van der Waals surface area (Å²) in [6.45, 7) is 0. The first-order chi connectivity index (χ1) is 10.3. The summed E-state index contributed by atoms with van der Waals surface area (Å²) in [5.41, 5.74) is -3.63. The van der Waals surface area contributed by atoms with E-state index in [0.29, 0.717) is 5.69 Å². The molecule has 1 aromatic heterocycles. The fourth-order valence-electron chi connectivity index (χ4n) is 2.26. The van der Waals surface area contributed by atoms with Gasteiger partial charge in [0.2, 0.25) is 5.72 Å². The molecule has 120 valence electrons. The number of alkyl halides is 4. The van der Waals surface area contributed by atoms with Gasteiger partial charge in [-0.15, -0.1) is 0 Å². The van der Waals surface area contributed by atoms with Gasteiger partial charge in [0.1, 0.15) is 5.71 Å². The molecule has 3 rings (SSSR count). The van der Waals surface area contributed by atoms with E-state index in [1.54, 1.807) is 0 Å². The Hall–Kier alpha value is -1.97. The van der Waals surface area contributed by atoms with Crippen molar-refractivity contribution in [2.24, 2.45) is 5.10 Å². The highest BCUT2D eigenvalue weighted by Crippen LogP contribution is 2.39. The molecule has 1 aromatic rings. The zero-order valence-electron chi connectivity index (χ0n) is 11.1. The van der Waals surface area contributed by atoms with Crippen molar-refractivity contribution in [3.05, 3.63) is 17.5 Å². The van der Waals surface area contributed by atoms with Gasteiger partial charge in [0.25, 0.3) is 18.8 Å². The third-order valence-electron chi connectivity index (χ3n) is 3.66. The second-order valence-corrected chi connectivity index (χ2v) is 5.35. The molecule has 0 spiro atoms. The number of amides is 1.